The number of thiophene rings is 1. The van der Waals surface area contributed by atoms with Gasteiger partial charge in [-0.3, -0.25) is 4.90 Å². The minimum Gasteiger partial charge on any atom is -0.396 e. The molecule has 0 amide bonds. The van der Waals surface area contributed by atoms with Gasteiger partial charge in [-0.15, -0.1) is 11.3 Å². The second-order valence-corrected chi connectivity index (χ2v) is 7.74. The number of nitrogen functional groups attached to an aromatic ring is 1. The van der Waals surface area contributed by atoms with Crippen LogP contribution >= 0.6 is 11.3 Å². The topological polar surface area (TPSA) is 108 Å². The van der Waals surface area contributed by atoms with Crippen LogP contribution in [-0.4, -0.2) is 59.0 Å². The molecule has 0 aliphatic carbocycles. The first-order valence-corrected chi connectivity index (χ1v) is 9.20. The maximum atomic E-state index is 11.8. The minimum atomic E-state index is -3.47. The molecule has 0 atom stereocenters. The van der Waals surface area contributed by atoms with Gasteiger partial charge in [0.05, 0.1) is 18.9 Å². The Labute approximate surface area is 128 Å². The van der Waals surface area contributed by atoms with Gasteiger partial charge in [0.25, 0.3) is 0 Å². The van der Waals surface area contributed by atoms with Gasteiger partial charge < -0.3 is 15.8 Å². The summed E-state index contributed by atoms with van der Waals surface area (Å²) in [6, 6.07) is 1.93. The monoisotopic (exact) mass is 330 g/mol. The lowest BCUT2D eigenvalue weighted by molar-refractivity contribution is 0.0398. The highest BCUT2D eigenvalue weighted by molar-refractivity contribution is 7.91. The zero-order valence-electron chi connectivity index (χ0n) is 11.8. The van der Waals surface area contributed by atoms with Gasteiger partial charge >= 0.3 is 0 Å². The molecule has 0 aromatic carbocycles. The smallest absolute Gasteiger partial charge is 0.180 e. The third-order valence-electron chi connectivity index (χ3n) is 3.19. The van der Waals surface area contributed by atoms with Crippen LogP contribution in [0.5, 0.6) is 0 Å². The van der Waals surface area contributed by atoms with Crippen LogP contribution in [0.15, 0.2) is 4.90 Å². The second-order valence-electron chi connectivity index (χ2n) is 4.77. The normalized spacial score (nSPS) is 16.6. The number of hydrogen-bond donors (Lipinski definition) is 2. The van der Waals surface area contributed by atoms with Gasteiger partial charge in [-0.25, -0.2) is 8.42 Å². The molecular weight excluding hydrogens is 312 g/mol. The molecule has 1 saturated heterocycles. The molecular formula is C12H18N4O3S2. The Bertz CT molecular complexity index is 642. The van der Waals surface area contributed by atoms with Crippen molar-refractivity contribution in [1.29, 1.82) is 5.26 Å². The largest absolute Gasteiger partial charge is 0.396 e. The summed E-state index contributed by atoms with van der Waals surface area (Å²) in [4.78, 5) is 2.49. The molecule has 0 bridgehead atoms. The van der Waals surface area contributed by atoms with E-state index in [4.69, 9.17) is 15.7 Å². The molecule has 3 N–H and O–H groups in total. The Morgan fingerprint density at radius 2 is 2.14 bits per heavy atom. The molecule has 0 spiro atoms. The van der Waals surface area contributed by atoms with Crippen LogP contribution in [0.1, 0.15) is 4.88 Å². The van der Waals surface area contributed by atoms with Crippen LogP contribution in [0.2, 0.25) is 0 Å². The van der Waals surface area contributed by atoms with E-state index in [-0.39, 0.29) is 15.5 Å². The third kappa shape index (κ3) is 3.85. The molecule has 1 aliphatic heterocycles. The quantitative estimate of drug-likeness (QED) is 0.802. The van der Waals surface area contributed by atoms with Gasteiger partial charge in [-0.1, -0.05) is 0 Å². The van der Waals surface area contributed by atoms with Crippen molar-refractivity contribution < 1.29 is 13.2 Å². The lowest BCUT2D eigenvalue weighted by Crippen LogP contribution is -2.39. The molecule has 116 valence electrons. The number of nitrogens with zero attached hydrogens (tertiary/aromatic N) is 2. The van der Waals surface area contributed by atoms with Crippen LogP contribution < -0.4 is 11.1 Å². The van der Waals surface area contributed by atoms with E-state index in [0.29, 0.717) is 11.5 Å². The first-order valence-electron chi connectivity index (χ1n) is 6.50. The first kappa shape index (κ1) is 16.0. The highest BCUT2D eigenvalue weighted by atomic mass is 32.2. The van der Waals surface area contributed by atoms with Gasteiger partial charge in [0, 0.05) is 32.4 Å². The molecule has 1 aliphatic rings. The van der Waals surface area contributed by atoms with Crippen LogP contribution in [0.4, 0.5) is 10.7 Å². The summed E-state index contributed by atoms with van der Waals surface area (Å²) in [6.45, 7) is 4.56. The zero-order chi connectivity index (χ0) is 15.5. The van der Waals surface area contributed by atoms with Crippen LogP contribution in [-0.2, 0) is 14.6 Å². The molecule has 0 saturated carbocycles. The standard InChI is InChI=1S/C12H18N4O3S2/c1-21(17,18)11-10(14)9(8-13)20-12(11)15-2-3-16-4-6-19-7-5-16/h15H,2-7,14H2,1H3. The van der Waals surface area contributed by atoms with E-state index in [1.165, 1.54) is 0 Å². The zero-order valence-corrected chi connectivity index (χ0v) is 13.4. The Balaban J connectivity index is 2.07. The van der Waals surface area contributed by atoms with E-state index >= 15 is 0 Å². The number of morpholine rings is 1. The van der Waals surface area contributed by atoms with Crippen molar-refractivity contribution in [2.24, 2.45) is 0 Å². The fraction of sp³-hybridized carbons (Fsp3) is 0.583. The Hall–Kier alpha value is -1.34. The van der Waals surface area contributed by atoms with Gasteiger partial charge in [0.2, 0.25) is 0 Å². The average Bonchev–Trinajstić information content (AvgIpc) is 2.76. The van der Waals surface area contributed by atoms with Crippen LogP contribution in [0.3, 0.4) is 0 Å². The van der Waals surface area contributed by atoms with Crippen molar-refractivity contribution in [3.05, 3.63) is 4.88 Å². The van der Waals surface area contributed by atoms with Crippen molar-refractivity contribution in [2.75, 3.05) is 56.7 Å². The predicted octanol–water partition coefficient (Wildman–Crippen LogP) is 0.350. The first-order chi connectivity index (χ1) is 9.93. The van der Waals surface area contributed by atoms with E-state index in [1.54, 1.807) is 0 Å². The molecule has 1 aromatic rings. The summed E-state index contributed by atoms with van der Waals surface area (Å²) >= 11 is 1.08. The van der Waals surface area contributed by atoms with E-state index in [1.807, 2.05) is 6.07 Å². The highest BCUT2D eigenvalue weighted by Gasteiger charge is 2.23. The SMILES string of the molecule is CS(=O)(=O)c1c(NCCN2CCOCC2)sc(C#N)c1N. The molecule has 1 fully saturated rings. The number of ether oxygens (including phenoxy) is 1. The lowest BCUT2D eigenvalue weighted by Gasteiger charge is -2.26. The van der Waals surface area contributed by atoms with Crippen molar-refractivity contribution >= 4 is 31.9 Å². The molecule has 21 heavy (non-hydrogen) atoms. The van der Waals surface area contributed by atoms with E-state index in [9.17, 15) is 8.42 Å². The molecule has 0 radical (unpaired) electrons. The van der Waals surface area contributed by atoms with Gasteiger partial charge in [0.15, 0.2) is 9.84 Å². The molecule has 1 aromatic heterocycles. The number of nitrogens with two attached hydrogens (primary N) is 1. The number of hydrogen-bond acceptors (Lipinski definition) is 8. The van der Waals surface area contributed by atoms with Crippen LogP contribution in [0, 0.1) is 11.3 Å². The van der Waals surface area contributed by atoms with E-state index < -0.39 is 9.84 Å². The summed E-state index contributed by atoms with van der Waals surface area (Å²) in [5, 5.41) is 12.5. The van der Waals surface area contributed by atoms with E-state index in [2.05, 4.69) is 10.2 Å². The summed E-state index contributed by atoms with van der Waals surface area (Å²) in [5.41, 5.74) is 5.80. The summed E-state index contributed by atoms with van der Waals surface area (Å²) in [5.74, 6) is 0. The maximum Gasteiger partial charge on any atom is 0.180 e. The minimum absolute atomic E-state index is 0.0334. The Kier molecular flexibility index (Phi) is 5.05. The summed E-state index contributed by atoms with van der Waals surface area (Å²) < 4.78 is 28.9. The molecule has 0 unspecified atom stereocenters. The van der Waals surface area contributed by atoms with E-state index in [0.717, 1.165) is 50.4 Å². The molecule has 7 nitrogen and oxygen atoms in total. The van der Waals surface area contributed by atoms with Gasteiger partial charge in [0.1, 0.15) is 20.8 Å². The third-order valence-corrected chi connectivity index (χ3v) is 5.55. The Morgan fingerprint density at radius 1 is 1.48 bits per heavy atom. The predicted molar refractivity (Wildman–Crippen MR) is 82.3 cm³/mol. The fourth-order valence-corrected chi connectivity index (χ4v) is 4.54. The molecule has 2 heterocycles. The van der Waals surface area contributed by atoms with Crippen molar-refractivity contribution in [3.8, 4) is 6.07 Å². The van der Waals surface area contributed by atoms with Crippen LogP contribution in [0.25, 0.3) is 0 Å². The van der Waals surface area contributed by atoms with Gasteiger partial charge in [-0.2, -0.15) is 5.26 Å². The number of nitrogens with one attached hydrogen (secondary N) is 1. The molecule has 2 rings (SSSR count). The Morgan fingerprint density at radius 3 is 2.71 bits per heavy atom. The lowest BCUT2D eigenvalue weighted by atomic mass is 10.4. The number of sulfone groups is 1. The summed E-state index contributed by atoms with van der Waals surface area (Å²) in [6.07, 6.45) is 1.10. The van der Waals surface area contributed by atoms with Crippen molar-refractivity contribution in [3.63, 3.8) is 0 Å². The van der Waals surface area contributed by atoms with Gasteiger partial charge in [-0.05, 0) is 0 Å². The highest BCUT2D eigenvalue weighted by Crippen LogP contribution is 2.38. The number of anilines is 2. The van der Waals surface area contributed by atoms with Crippen molar-refractivity contribution in [1.82, 2.24) is 4.90 Å². The molecule has 9 heteroatoms. The maximum absolute atomic E-state index is 11.8. The van der Waals surface area contributed by atoms with Crippen molar-refractivity contribution in [2.45, 2.75) is 4.90 Å². The number of nitriles is 1. The summed E-state index contributed by atoms with van der Waals surface area (Å²) in [7, 11) is -3.47. The number of rotatable bonds is 5. The second kappa shape index (κ2) is 6.62. The fourth-order valence-electron chi connectivity index (χ4n) is 2.15. The average molecular weight is 330 g/mol.